The second-order valence-electron chi connectivity index (χ2n) is 5.73. The maximum Gasteiger partial charge on any atom is 0.339 e. The first-order valence-electron chi connectivity index (χ1n) is 7.25. The zero-order chi connectivity index (χ0) is 15.6. The minimum absolute atomic E-state index is 0.192. The molecule has 0 radical (unpaired) electrons. The van der Waals surface area contributed by atoms with E-state index in [2.05, 4.69) is 13.8 Å². The van der Waals surface area contributed by atoms with Gasteiger partial charge in [-0.1, -0.05) is 55.1 Å². The molecule has 0 bridgehead atoms. The number of hydrogen-bond donors (Lipinski definition) is 0. The van der Waals surface area contributed by atoms with Crippen LogP contribution in [-0.4, -0.2) is 12.6 Å². The molecule has 1 aliphatic carbocycles. The van der Waals surface area contributed by atoms with Gasteiger partial charge >= 0.3 is 5.97 Å². The zero-order valence-electron chi connectivity index (χ0n) is 12.2. The normalized spacial score (nSPS) is 17.4. The summed E-state index contributed by atoms with van der Waals surface area (Å²) in [5.41, 5.74) is 0.230. The van der Waals surface area contributed by atoms with E-state index in [1.165, 1.54) is 25.0 Å². The Kier molecular flexibility index (Phi) is 5.81. The Balaban J connectivity index is 2.04. The predicted octanol–water partition coefficient (Wildman–Crippen LogP) is 5.88. The van der Waals surface area contributed by atoms with E-state index in [4.69, 9.17) is 39.5 Å². The summed E-state index contributed by atoms with van der Waals surface area (Å²) < 4.78 is 5.46. The molecule has 116 valence electrons. The molecule has 1 aromatic rings. The Hall–Kier alpha value is -0.440. The second kappa shape index (κ2) is 7.21. The van der Waals surface area contributed by atoms with Crippen molar-refractivity contribution < 1.29 is 9.53 Å². The first-order chi connectivity index (χ1) is 9.93. The third kappa shape index (κ3) is 4.28. The number of carbonyl (C=O) groups is 1. The molecule has 2 nitrogen and oxygen atoms in total. The Morgan fingerprint density at radius 3 is 2.57 bits per heavy atom. The maximum atomic E-state index is 12.2. The lowest BCUT2D eigenvalue weighted by atomic mass is 9.88. The Labute approximate surface area is 140 Å². The quantitative estimate of drug-likeness (QED) is 0.474. The molecular formula is C16H19Cl3O2. The van der Waals surface area contributed by atoms with Gasteiger partial charge in [0.1, 0.15) is 0 Å². The van der Waals surface area contributed by atoms with Crippen LogP contribution >= 0.6 is 34.8 Å². The number of hydrogen-bond acceptors (Lipinski definition) is 2. The van der Waals surface area contributed by atoms with Gasteiger partial charge in [0.25, 0.3) is 0 Å². The first kappa shape index (κ1) is 16.9. The van der Waals surface area contributed by atoms with E-state index in [1.807, 2.05) is 0 Å². The molecule has 1 saturated carbocycles. The van der Waals surface area contributed by atoms with Crippen molar-refractivity contribution in [3.05, 3.63) is 32.8 Å². The van der Waals surface area contributed by atoms with Gasteiger partial charge in [-0.15, -0.1) is 0 Å². The summed E-state index contributed by atoms with van der Waals surface area (Å²) in [7, 11) is 0. The average Bonchev–Trinajstić information content (AvgIpc) is 3.27. The number of benzene rings is 1. The summed E-state index contributed by atoms with van der Waals surface area (Å²) in [6.45, 7) is 4.80. The van der Waals surface area contributed by atoms with Crippen LogP contribution in [0.5, 0.6) is 0 Å². The van der Waals surface area contributed by atoms with Crippen molar-refractivity contribution >= 4 is 40.8 Å². The van der Waals surface area contributed by atoms with Crippen LogP contribution < -0.4 is 0 Å². The van der Waals surface area contributed by atoms with Crippen LogP contribution in [0.4, 0.5) is 0 Å². The molecule has 0 saturated heterocycles. The van der Waals surface area contributed by atoms with Gasteiger partial charge in [-0.2, -0.15) is 0 Å². The van der Waals surface area contributed by atoms with Crippen LogP contribution in [0.3, 0.4) is 0 Å². The van der Waals surface area contributed by atoms with Gasteiger partial charge in [-0.3, -0.25) is 0 Å². The lowest BCUT2D eigenvalue weighted by Crippen LogP contribution is -2.22. The third-order valence-corrected chi connectivity index (χ3v) is 5.24. The number of halogens is 3. The molecule has 5 heteroatoms. The van der Waals surface area contributed by atoms with E-state index in [0.717, 1.165) is 6.42 Å². The molecule has 2 atom stereocenters. The smallest absolute Gasteiger partial charge is 0.339 e. The molecule has 1 aromatic carbocycles. The topological polar surface area (TPSA) is 26.3 Å². The summed E-state index contributed by atoms with van der Waals surface area (Å²) in [4.78, 5) is 12.2. The maximum absolute atomic E-state index is 12.2. The van der Waals surface area contributed by atoms with Gasteiger partial charge in [-0.25, -0.2) is 4.79 Å². The van der Waals surface area contributed by atoms with E-state index in [-0.39, 0.29) is 15.6 Å². The van der Waals surface area contributed by atoms with E-state index < -0.39 is 5.97 Å². The summed E-state index contributed by atoms with van der Waals surface area (Å²) in [6, 6.07) is 3.00. The molecule has 1 aliphatic rings. The molecule has 0 aliphatic heterocycles. The van der Waals surface area contributed by atoms with Gasteiger partial charge in [0.15, 0.2) is 0 Å². The molecule has 1 fully saturated rings. The zero-order valence-corrected chi connectivity index (χ0v) is 14.4. The van der Waals surface area contributed by atoms with Crippen molar-refractivity contribution in [2.45, 2.75) is 33.1 Å². The van der Waals surface area contributed by atoms with Crippen molar-refractivity contribution in [2.24, 2.45) is 17.8 Å². The molecule has 2 unspecified atom stereocenters. The Morgan fingerprint density at radius 1 is 1.33 bits per heavy atom. The molecule has 0 aromatic heterocycles. The fourth-order valence-corrected chi connectivity index (χ4v) is 3.23. The van der Waals surface area contributed by atoms with Gasteiger partial charge < -0.3 is 4.74 Å². The average molecular weight is 350 g/mol. The minimum Gasteiger partial charge on any atom is -0.462 e. The highest BCUT2D eigenvalue weighted by molar-refractivity contribution is 6.45. The van der Waals surface area contributed by atoms with E-state index in [9.17, 15) is 4.79 Å². The number of ether oxygens (including phenoxy) is 1. The largest absolute Gasteiger partial charge is 0.462 e. The van der Waals surface area contributed by atoms with E-state index in [0.29, 0.717) is 29.4 Å². The second-order valence-corrected chi connectivity index (χ2v) is 6.96. The highest BCUT2D eigenvalue weighted by Crippen LogP contribution is 2.41. The number of esters is 1. The molecule has 0 spiro atoms. The van der Waals surface area contributed by atoms with Gasteiger partial charge in [0, 0.05) is 5.02 Å². The molecular weight excluding hydrogens is 331 g/mol. The van der Waals surface area contributed by atoms with Crippen LogP contribution in [0.15, 0.2) is 12.1 Å². The fourth-order valence-electron chi connectivity index (χ4n) is 2.55. The highest BCUT2D eigenvalue weighted by Gasteiger charge is 2.35. The van der Waals surface area contributed by atoms with Gasteiger partial charge in [-0.05, 0) is 42.7 Å². The Bertz CT molecular complexity index is 526. The van der Waals surface area contributed by atoms with E-state index >= 15 is 0 Å². The van der Waals surface area contributed by atoms with Crippen molar-refractivity contribution in [3.63, 3.8) is 0 Å². The summed E-state index contributed by atoms with van der Waals surface area (Å²) >= 11 is 17.9. The number of carbonyl (C=O) groups excluding carboxylic acids is 1. The summed E-state index contributed by atoms with van der Waals surface area (Å²) in [5, 5.41) is 0.825. The number of rotatable bonds is 6. The summed E-state index contributed by atoms with van der Waals surface area (Å²) in [5.74, 6) is 1.20. The lowest BCUT2D eigenvalue weighted by Gasteiger charge is -2.22. The molecule has 0 amide bonds. The molecule has 2 rings (SSSR count). The molecule has 21 heavy (non-hydrogen) atoms. The fraction of sp³-hybridized carbons (Fsp3) is 0.562. The Morgan fingerprint density at radius 2 is 2.00 bits per heavy atom. The van der Waals surface area contributed by atoms with E-state index in [1.54, 1.807) is 0 Å². The SMILES string of the molecule is CCC(C)C(COC(=O)c1cc(Cl)cc(Cl)c1Cl)C1CC1. The predicted molar refractivity (Wildman–Crippen MR) is 87.4 cm³/mol. The van der Waals surface area contributed by atoms with Gasteiger partial charge in [0.2, 0.25) is 0 Å². The van der Waals surface area contributed by atoms with Crippen molar-refractivity contribution in [1.82, 2.24) is 0 Å². The van der Waals surface area contributed by atoms with Crippen molar-refractivity contribution in [1.29, 1.82) is 0 Å². The first-order valence-corrected chi connectivity index (χ1v) is 8.39. The van der Waals surface area contributed by atoms with Crippen LogP contribution in [0.1, 0.15) is 43.5 Å². The third-order valence-electron chi connectivity index (χ3n) is 4.22. The van der Waals surface area contributed by atoms with Gasteiger partial charge in [0.05, 0.1) is 22.2 Å². The minimum atomic E-state index is -0.460. The van der Waals surface area contributed by atoms with Crippen LogP contribution in [0.25, 0.3) is 0 Å². The molecule has 0 N–H and O–H groups in total. The lowest BCUT2D eigenvalue weighted by molar-refractivity contribution is 0.0371. The molecule has 0 heterocycles. The standard InChI is InChI=1S/C16H19Cl3O2/c1-3-9(2)13(10-4-5-10)8-21-16(20)12-6-11(17)7-14(18)15(12)19/h6-7,9-10,13H,3-5,8H2,1-2H3. The van der Waals surface area contributed by atoms with Crippen LogP contribution in [-0.2, 0) is 4.74 Å². The van der Waals surface area contributed by atoms with Crippen molar-refractivity contribution in [3.8, 4) is 0 Å². The van der Waals surface area contributed by atoms with Crippen LogP contribution in [0.2, 0.25) is 15.1 Å². The van der Waals surface area contributed by atoms with Crippen LogP contribution in [0, 0.1) is 17.8 Å². The van der Waals surface area contributed by atoms with Crippen molar-refractivity contribution in [2.75, 3.05) is 6.61 Å². The summed E-state index contributed by atoms with van der Waals surface area (Å²) in [6.07, 6.45) is 3.55. The monoisotopic (exact) mass is 348 g/mol. The highest BCUT2D eigenvalue weighted by atomic mass is 35.5.